The van der Waals surface area contributed by atoms with Crippen LogP contribution in [0.25, 0.3) is 6.08 Å². The third-order valence-electron chi connectivity index (χ3n) is 3.32. The maximum absolute atomic E-state index is 12.4. The van der Waals surface area contributed by atoms with E-state index in [1.807, 2.05) is 0 Å². The first-order valence-corrected chi connectivity index (χ1v) is 8.18. The van der Waals surface area contributed by atoms with Gasteiger partial charge in [0.15, 0.2) is 5.78 Å². The molecule has 0 radical (unpaired) electrons. The fourth-order valence-electron chi connectivity index (χ4n) is 2.12. The molecule has 120 valence electrons. The molecule has 1 aromatic carbocycles. The van der Waals surface area contributed by atoms with Crippen LogP contribution in [0.1, 0.15) is 15.9 Å². The summed E-state index contributed by atoms with van der Waals surface area (Å²) in [5, 5.41) is 0.0505. The molecule has 2 amide bonds. The molecule has 5 nitrogen and oxygen atoms in total. The third-order valence-corrected chi connectivity index (χ3v) is 4.48. The van der Waals surface area contributed by atoms with Gasteiger partial charge in [-0.1, -0.05) is 17.7 Å². The van der Waals surface area contributed by atoms with E-state index < -0.39 is 11.1 Å². The Morgan fingerprint density at radius 3 is 2.62 bits per heavy atom. The molecule has 1 aromatic heterocycles. The van der Waals surface area contributed by atoms with Gasteiger partial charge in [0.1, 0.15) is 0 Å². The van der Waals surface area contributed by atoms with Crippen LogP contribution in [0.3, 0.4) is 0 Å². The minimum absolute atomic E-state index is 0.275. The molecule has 0 atom stereocenters. The summed E-state index contributed by atoms with van der Waals surface area (Å²) in [6.45, 7) is -0.295. The van der Waals surface area contributed by atoms with Crippen molar-refractivity contribution in [2.75, 3.05) is 6.54 Å². The zero-order valence-corrected chi connectivity index (χ0v) is 13.9. The summed E-state index contributed by atoms with van der Waals surface area (Å²) in [7, 11) is 0. The van der Waals surface area contributed by atoms with E-state index in [4.69, 9.17) is 11.6 Å². The molecule has 1 saturated heterocycles. The van der Waals surface area contributed by atoms with Gasteiger partial charge in [-0.25, -0.2) is 0 Å². The largest absolute Gasteiger partial charge is 0.293 e. The first-order chi connectivity index (χ1) is 11.5. The highest BCUT2D eigenvalue weighted by Crippen LogP contribution is 2.32. The van der Waals surface area contributed by atoms with Crippen LogP contribution in [0.5, 0.6) is 0 Å². The van der Waals surface area contributed by atoms with Crippen molar-refractivity contribution in [1.29, 1.82) is 0 Å². The minimum Gasteiger partial charge on any atom is -0.292 e. The van der Waals surface area contributed by atoms with Gasteiger partial charge in [0, 0.05) is 23.0 Å². The van der Waals surface area contributed by atoms with Crippen molar-refractivity contribution in [3.63, 3.8) is 0 Å². The molecule has 0 bridgehead atoms. The monoisotopic (exact) mass is 358 g/mol. The molecule has 1 aliphatic rings. The number of nitrogens with zero attached hydrogens (tertiary/aromatic N) is 2. The molecule has 0 saturated carbocycles. The topological polar surface area (TPSA) is 67.3 Å². The Hall–Kier alpha value is -2.44. The highest BCUT2D eigenvalue weighted by Gasteiger charge is 2.36. The van der Waals surface area contributed by atoms with Crippen molar-refractivity contribution >= 4 is 46.4 Å². The van der Waals surface area contributed by atoms with Crippen molar-refractivity contribution in [3.05, 3.63) is 69.8 Å². The number of amides is 2. The molecule has 3 rings (SSSR count). The van der Waals surface area contributed by atoms with Crippen LogP contribution in [0.15, 0.2) is 53.7 Å². The number of aromatic nitrogens is 1. The Morgan fingerprint density at radius 1 is 1.21 bits per heavy atom. The number of carbonyl (C=O) groups is 3. The van der Waals surface area contributed by atoms with Crippen LogP contribution in [0, 0.1) is 0 Å². The highest BCUT2D eigenvalue weighted by atomic mass is 35.5. The molecular formula is C17H11ClN2O3S. The average molecular weight is 359 g/mol. The van der Waals surface area contributed by atoms with Crippen molar-refractivity contribution in [3.8, 4) is 0 Å². The summed E-state index contributed by atoms with van der Waals surface area (Å²) in [6, 6.07) is 9.82. The van der Waals surface area contributed by atoms with Gasteiger partial charge in [-0.2, -0.15) is 0 Å². The molecule has 0 spiro atoms. The second kappa shape index (κ2) is 6.98. The summed E-state index contributed by atoms with van der Waals surface area (Å²) >= 11 is 6.60. The molecule has 0 aliphatic carbocycles. The van der Waals surface area contributed by atoms with E-state index in [0.717, 1.165) is 16.7 Å². The minimum atomic E-state index is -0.476. The fraction of sp³-hybridized carbons (Fsp3) is 0.0588. The van der Waals surface area contributed by atoms with Crippen LogP contribution >= 0.6 is 23.4 Å². The zero-order chi connectivity index (χ0) is 17.1. The highest BCUT2D eigenvalue weighted by molar-refractivity contribution is 8.18. The number of Topliss-reactive ketones (excluding diaryl/α,β-unsaturated/α-hetero) is 1. The Bertz CT molecular complexity index is 835. The number of hydrogen-bond acceptors (Lipinski definition) is 5. The first-order valence-electron chi connectivity index (χ1n) is 6.99. The predicted octanol–water partition coefficient (Wildman–Crippen LogP) is 3.65. The number of pyridine rings is 1. The van der Waals surface area contributed by atoms with E-state index in [2.05, 4.69) is 4.98 Å². The summed E-state index contributed by atoms with van der Waals surface area (Å²) in [4.78, 5) is 41.8. The predicted molar refractivity (Wildman–Crippen MR) is 92.7 cm³/mol. The molecular weight excluding hydrogens is 348 g/mol. The normalized spacial score (nSPS) is 16.0. The van der Waals surface area contributed by atoms with Crippen LogP contribution < -0.4 is 0 Å². The lowest BCUT2D eigenvalue weighted by Gasteiger charge is -2.11. The van der Waals surface area contributed by atoms with Gasteiger partial charge >= 0.3 is 0 Å². The van der Waals surface area contributed by atoms with Crippen molar-refractivity contribution in [2.24, 2.45) is 0 Å². The summed E-state index contributed by atoms with van der Waals surface area (Å²) in [5.74, 6) is -0.798. The maximum atomic E-state index is 12.4. The van der Waals surface area contributed by atoms with Gasteiger partial charge in [0.2, 0.25) is 0 Å². The number of benzene rings is 1. The molecule has 24 heavy (non-hydrogen) atoms. The molecule has 2 aromatic rings. The van der Waals surface area contributed by atoms with E-state index in [-0.39, 0.29) is 17.2 Å². The van der Waals surface area contributed by atoms with Gasteiger partial charge in [-0.15, -0.1) is 0 Å². The fourth-order valence-corrected chi connectivity index (χ4v) is 3.08. The second-order valence-electron chi connectivity index (χ2n) is 4.98. The molecule has 0 N–H and O–H groups in total. The Kier molecular flexibility index (Phi) is 4.78. The van der Waals surface area contributed by atoms with Gasteiger partial charge in [-0.3, -0.25) is 24.3 Å². The maximum Gasteiger partial charge on any atom is 0.293 e. The van der Waals surface area contributed by atoms with Gasteiger partial charge in [-0.05, 0) is 53.7 Å². The van der Waals surface area contributed by atoms with Crippen LogP contribution in [-0.4, -0.2) is 33.4 Å². The molecule has 1 fully saturated rings. The van der Waals surface area contributed by atoms with Crippen molar-refractivity contribution < 1.29 is 14.4 Å². The quantitative estimate of drug-likeness (QED) is 0.616. The number of ketones is 1. The lowest BCUT2D eigenvalue weighted by molar-refractivity contribution is -0.122. The number of imide groups is 1. The average Bonchev–Trinajstić information content (AvgIpc) is 2.84. The van der Waals surface area contributed by atoms with Gasteiger partial charge < -0.3 is 0 Å². The second-order valence-corrected chi connectivity index (χ2v) is 6.41. The Balaban J connectivity index is 1.76. The molecule has 0 unspecified atom stereocenters. The standard InChI is InChI=1S/C17H11ClN2O3S/c18-13-5-3-12(4-6-13)14(21)10-20-16(22)15(24-17(20)23)8-11-2-1-7-19-9-11/h1-9H,10H2/b15-8+. The molecule has 1 aliphatic heterocycles. The summed E-state index contributed by atoms with van der Waals surface area (Å²) in [6.07, 6.45) is 4.80. The van der Waals surface area contributed by atoms with E-state index in [1.54, 1.807) is 54.9 Å². The van der Waals surface area contributed by atoms with E-state index in [1.165, 1.54) is 0 Å². The van der Waals surface area contributed by atoms with E-state index >= 15 is 0 Å². The number of rotatable bonds is 4. The molecule has 2 heterocycles. The number of halogens is 1. The van der Waals surface area contributed by atoms with Gasteiger partial charge in [0.05, 0.1) is 11.4 Å². The Morgan fingerprint density at radius 2 is 1.96 bits per heavy atom. The first kappa shape index (κ1) is 16.4. The smallest absolute Gasteiger partial charge is 0.292 e. The number of hydrogen-bond donors (Lipinski definition) is 0. The van der Waals surface area contributed by atoms with E-state index in [9.17, 15) is 14.4 Å². The lowest BCUT2D eigenvalue weighted by Crippen LogP contribution is -2.33. The summed E-state index contributed by atoms with van der Waals surface area (Å²) < 4.78 is 0. The Labute approximate surface area is 147 Å². The lowest BCUT2D eigenvalue weighted by atomic mass is 10.1. The number of carbonyl (C=O) groups excluding carboxylic acids is 3. The van der Waals surface area contributed by atoms with Crippen molar-refractivity contribution in [1.82, 2.24) is 9.88 Å². The van der Waals surface area contributed by atoms with Crippen LogP contribution in [0.4, 0.5) is 4.79 Å². The SMILES string of the molecule is O=C(CN1C(=O)S/C(=C/c2cccnc2)C1=O)c1ccc(Cl)cc1. The van der Waals surface area contributed by atoms with E-state index in [0.29, 0.717) is 16.1 Å². The number of thioether (sulfide) groups is 1. The summed E-state index contributed by atoms with van der Waals surface area (Å²) in [5.41, 5.74) is 1.11. The van der Waals surface area contributed by atoms with Crippen molar-refractivity contribution in [2.45, 2.75) is 0 Å². The zero-order valence-electron chi connectivity index (χ0n) is 12.3. The molecule has 7 heteroatoms. The van der Waals surface area contributed by atoms with Crippen LogP contribution in [0.2, 0.25) is 5.02 Å². The third kappa shape index (κ3) is 3.55. The van der Waals surface area contributed by atoms with Crippen LogP contribution in [-0.2, 0) is 4.79 Å². The van der Waals surface area contributed by atoms with Gasteiger partial charge in [0.25, 0.3) is 11.1 Å².